The Morgan fingerprint density at radius 3 is 2.31 bits per heavy atom. The van der Waals surface area contributed by atoms with E-state index in [4.69, 9.17) is 5.73 Å². The van der Waals surface area contributed by atoms with Gasteiger partial charge in [0, 0.05) is 24.5 Å². The molecular formula is C9H21N3O3S. The molecule has 16 heavy (non-hydrogen) atoms. The third-order valence-electron chi connectivity index (χ3n) is 1.96. The number of primary amides is 1. The molecule has 0 fully saturated rings. The van der Waals surface area contributed by atoms with E-state index < -0.39 is 15.6 Å². The molecule has 1 amide bonds. The first-order valence-electron chi connectivity index (χ1n) is 5.02. The lowest BCUT2D eigenvalue weighted by atomic mass is 10.1. The third kappa shape index (κ3) is 7.61. The standard InChI is InChI=1S/C9H21N3O3S/c1-7(8(10)13)5-11-6-9(2,3)12-16(4,14)15/h7,11-12H,5-6H2,1-4H3,(H2,10,13). The number of sulfonamides is 1. The number of amides is 1. The molecule has 0 radical (unpaired) electrons. The van der Waals surface area contributed by atoms with Crippen molar-refractivity contribution in [2.45, 2.75) is 26.3 Å². The van der Waals surface area contributed by atoms with Gasteiger partial charge in [0.15, 0.2) is 0 Å². The van der Waals surface area contributed by atoms with Gasteiger partial charge < -0.3 is 11.1 Å². The van der Waals surface area contributed by atoms with E-state index in [9.17, 15) is 13.2 Å². The number of carbonyl (C=O) groups excluding carboxylic acids is 1. The number of rotatable bonds is 7. The first-order chi connectivity index (χ1) is 7.03. The zero-order valence-electron chi connectivity index (χ0n) is 10.2. The highest BCUT2D eigenvalue weighted by molar-refractivity contribution is 7.88. The third-order valence-corrected chi connectivity index (χ3v) is 2.89. The lowest BCUT2D eigenvalue weighted by Gasteiger charge is -2.25. The van der Waals surface area contributed by atoms with E-state index in [1.54, 1.807) is 20.8 Å². The highest BCUT2D eigenvalue weighted by Crippen LogP contribution is 2.02. The van der Waals surface area contributed by atoms with Crippen LogP contribution in [0.3, 0.4) is 0 Å². The minimum Gasteiger partial charge on any atom is -0.369 e. The molecule has 0 aliphatic rings. The summed E-state index contributed by atoms with van der Waals surface area (Å²) in [4.78, 5) is 10.8. The van der Waals surface area contributed by atoms with Crippen LogP contribution in [0.4, 0.5) is 0 Å². The molecule has 96 valence electrons. The van der Waals surface area contributed by atoms with Gasteiger partial charge >= 0.3 is 0 Å². The van der Waals surface area contributed by atoms with Gasteiger partial charge in [0.25, 0.3) is 0 Å². The molecule has 1 unspecified atom stereocenters. The van der Waals surface area contributed by atoms with Crippen molar-refractivity contribution in [2.75, 3.05) is 19.3 Å². The van der Waals surface area contributed by atoms with Crippen LogP contribution in [0.25, 0.3) is 0 Å². The molecule has 4 N–H and O–H groups in total. The first-order valence-corrected chi connectivity index (χ1v) is 6.91. The Hall–Kier alpha value is -0.660. The summed E-state index contributed by atoms with van der Waals surface area (Å²) in [7, 11) is -3.23. The molecule has 6 nitrogen and oxygen atoms in total. The smallest absolute Gasteiger partial charge is 0.221 e. The van der Waals surface area contributed by atoms with E-state index in [2.05, 4.69) is 10.0 Å². The number of nitrogens with two attached hydrogens (primary N) is 1. The average molecular weight is 251 g/mol. The fourth-order valence-corrected chi connectivity index (χ4v) is 2.32. The fraction of sp³-hybridized carbons (Fsp3) is 0.889. The van der Waals surface area contributed by atoms with Crippen molar-refractivity contribution in [3.8, 4) is 0 Å². The van der Waals surface area contributed by atoms with Crippen LogP contribution in [-0.2, 0) is 14.8 Å². The first kappa shape index (κ1) is 15.3. The average Bonchev–Trinajstić information content (AvgIpc) is 1.98. The van der Waals surface area contributed by atoms with Crippen molar-refractivity contribution in [3.05, 3.63) is 0 Å². The monoisotopic (exact) mass is 251 g/mol. The summed E-state index contributed by atoms with van der Waals surface area (Å²) < 4.78 is 24.6. The quantitative estimate of drug-likeness (QED) is 0.541. The van der Waals surface area contributed by atoms with Crippen LogP contribution in [-0.4, -0.2) is 39.2 Å². The second-order valence-electron chi connectivity index (χ2n) is 4.69. The lowest BCUT2D eigenvalue weighted by molar-refractivity contribution is -0.121. The molecular weight excluding hydrogens is 230 g/mol. The van der Waals surface area contributed by atoms with Gasteiger partial charge in [-0.15, -0.1) is 0 Å². The maximum atomic E-state index is 11.0. The SMILES string of the molecule is CC(CNCC(C)(C)NS(C)(=O)=O)C(N)=O. The molecule has 0 aromatic heterocycles. The summed E-state index contributed by atoms with van der Waals surface area (Å²) in [5.74, 6) is -0.643. The Labute approximate surface area is 97.0 Å². The van der Waals surface area contributed by atoms with Gasteiger partial charge in [0.2, 0.25) is 15.9 Å². The van der Waals surface area contributed by atoms with Crippen molar-refractivity contribution >= 4 is 15.9 Å². The molecule has 0 bridgehead atoms. The van der Waals surface area contributed by atoms with Crippen LogP contribution in [0.2, 0.25) is 0 Å². The molecule has 0 heterocycles. The molecule has 1 atom stereocenters. The molecule has 7 heteroatoms. The van der Waals surface area contributed by atoms with E-state index >= 15 is 0 Å². The van der Waals surface area contributed by atoms with Crippen LogP contribution < -0.4 is 15.8 Å². The van der Waals surface area contributed by atoms with E-state index in [1.165, 1.54) is 0 Å². The van der Waals surface area contributed by atoms with Crippen LogP contribution in [0.15, 0.2) is 0 Å². The second-order valence-corrected chi connectivity index (χ2v) is 6.44. The van der Waals surface area contributed by atoms with Crippen LogP contribution in [0.5, 0.6) is 0 Å². The van der Waals surface area contributed by atoms with Crippen molar-refractivity contribution < 1.29 is 13.2 Å². The number of nitrogens with one attached hydrogen (secondary N) is 2. The summed E-state index contributed by atoms with van der Waals surface area (Å²) in [5, 5.41) is 3.00. The van der Waals surface area contributed by atoms with Gasteiger partial charge in [0.05, 0.1) is 6.26 Å². The number of hydrogen-bond acceptors (Lipinski definition) is 4. The molecule has 0 aromatic carbocycles. The summed E-state index contributed by atoms with van der Waals surface area (Å²) >= 11 is 0. The zero-order chi connectivity index (χ0) is 13.0. The maximum absolute atomic E-state index is 11.0. The summed E-state index contributed by atoms with van der Waals surface area (Å²) in [6.07, 6.45) is 1.11. The van der Waals surface area contributed by atoms with Crippen LogP contribution in [0.1, 0.15) is 20.8 Å². The Morgan fingerprint density at radius 1 is 1.44 bits per heavy atom. The van der Waals surface area contributed by atoms with Gasteiger partial charge in [0.1, 0.15) is 0 Å². The van der Waals surface area contributed by atoms with E-state index in [-0.39, 0.29) is 11.8 Å². The molecule has 0 saturated heterocycles. The van der Waals surface area contributed by atoms with Gasteiger partial charge in [-0.25, -0.2) is 13.1 Å². The van der Waals surface area contributed by atoms with Gasteiger partial charge in [-0.2, -0.15) is 0 Å². The molecule has 0 aromatic rings. The largest absolute Gasteiger partial charge is 0.369 e. The minimum absolute atomic E-state index is 0.269. The van der Waals surface area contributed by atoms with E-state index in [0.29, 0.717) is 13.1 Å². The van der Waals surface area contributed by atoms with Crippen molar-refractivity contribution in [1.29, 1.82) is 0 Å². The molecule has 0 saturated carbocycles. The molecule has 0 rings (SSSR count). The van der Waals surface area contributed by atoms with Crippen molar-refractivity contribution in [1.82, 2.24) is 10.0 Å². The Morgan fingerprint density at radius 2 is 1.94 bits per heavy atom. The highest BCUT2D eigenvalue weighted by Gasteiger charge is 2.22. The normalized spacial score (nSPS) is 14.8. The Kier molecular flexibility index (Phi) is 5.37. The van der Waals surface area contributed by atoms with Gasteiger partial charge in [-0.3, -0.25) is 4.79 Å². The maximum Gasteiger partial charge on any atom is 0.221 e. The minimum atomic E-state index is -3.23. The van der Waals surface area contributed by atoms with Gasteiger partial charge in [-0.1, -0.05) is 6.92 Å². The molecule has 0 aliphatic heterocycles. The number of hydrogen-bond donors (Lipinski definition) is 3. The van der Waals surface area contributed by atoms with Crippen LogP contribution >= 0.6 is 0 Å². The Bertz CT molecular complexity index is 338. The summed E-state index contributed by atoms with van der Waals surface area (Å²) in [6.45, 7) is 6.10. The van der Waals surface area contributed by atoms with E-state index in [0.717, 1.165) is 6.26 Å². The summed E-state index contributed by atoms with van der Waals surface area (Å²) in [6, 6.07) is 0. The van der Waals surface area contributed by atoms with E-state index in [1.807, 2.05) is 0 Å². The fourth-order valence-electron chi connectivity index (χ4n) is 1.24. The van der Waals surface area contributed by atoms with Crippen molar-refractivity contribution in [3.63, 3.8) is 0 Å². The second kappa shape index (κ2) is 5.60. The highest BCUT2D eigenvalue weighted by atomic mass is 32.2. The van der Waals surface area contributed by atoms with Gasteiger partial charge in [-0.05, 0) is 13.8 Å². The van der Waals surface area contributed by atoms with Crippen LogP contribution in [0, 0.1) is 5.92 Å². The molecule has 0 spiro atoms. The topological polar surface area (TPSA) is 101 Å². The summed E-state index contributed by atoms with van der Waals surface area (Å²) in [5.41, 5.74) is 4.50. The number of carbonyl (C=O) groups is 1. The predicted octanol–water partition coefficient (Wildman–Crippen LogP) is -0.975. The lowest BCUT2D eigenvalue weighted by Crippen LogP contribution is -2.50. The van der Waals surface area contributed by atoms with Crippen molar-refractivity contribution in [2.24, 2.45) is 11.7 Å². The molecule has 0 aliphatic carbocycles. The zero-order valence-corrected chi connectivity index (χ0v) is 11.0. The predicted molar refractivity (Wildman–Crippen MR) is 63.3 cm³/mol. The Balaban J connectivity index is 4.05.